The monoisotopic (exact) mass is 204 g/mol. The van der Waals surface area contributed by atoms with Crippen LogP contribution < -0.4 is 5.73 Å². The standard InChI is InChI=1S/C5H9BrN4/c1-2-10-4(3-7)5(6)8-9-10/h2-3,7H2,1H3. The van der Waals surface area contributed by atoms with E-state index in [-0.39, 0.29) is 0 Å². The molecule has 0 radical (unpaired) electrons. The van der Waals surface area contributed by atoms with E-state index < -0.39 is 0 Å². The van der Waals surface area contributed by atoms with Crippen LogP contribution in [0.5, 0.6) is 0 Å². The Morgan fingerprint density at radius 2 is 2.40 bits per heavy atom. The maximum absolute atomic E-state index is 5.44. The second-order valence-electron chi connectivity index (χ2n) is 1.85. The van der Waals surface area contributed by atoms with Crippen molar-refractivity contribution in [2.24, 2.45) is 5.73 Å². The van der Waals surface area contributed by atoms with E-state index in [0.29, 0.717) is 6.54 Å². The van der Waals surface area contributed by atoms with Crippen LogP contribution in [0.15, 0.2) is 4.60 Å². The van der Waals surface area contributed by atoms with Crippen molar-refractivity contribution in [3.05, 3.63) is 10.3 Å². The van der Waals surface area contributed by atoms with Crippen LogP contribution in [0.3, 0.4) is 0 Å². The highest BCUT2D eigenvalue weighted by molar-refractivity contribution is 9.10. The SMILES string of the molecule is CCn1nnc(Br)c1CN. The van der Waals surface area contributed by atoms with Crippen molar-refractivity contribution in [1.29, 1.82) is 0 Å². The summed E-state index contributed by atoms with van der Waals surface area (Å²) in [6.45, 7) is 3.28. The molecule has 56 valence electrons. The van der Waals surface area contributed by atoms with Gasteiger partial charge in [0.1, 0.15) is 0 Å². The third-order valence-electron chi connectivity index (χ3n) is 1.28. The summed E-state index contributed by atoms with van der Waals surface area (Å²) in [6.07, 6.45) is 0. The summed E-state index contributed by atoms with van der Waals surface area (Å²) in [5.41, 5.74) is 6.39. The van der Waals surface area contributed by atoms with Crippen molar-refractivity contribution >= 4 is 15.9 Å². The summed E-state index contributed by atoms with van der Waals surface area (Å²) in [5, 5.41) is 7.65. The fourth-order valence-electron chi connectivity index (χ4n) is 0.755. The molecule has 0 amide bonds. The molecule has 4 nitrogen and oxygen atoms in total. The lowest BCUT2D eigenvalue weighted by molar-refractivity contribution is 0.598. The summed E-state index contributed by atoms with van der Waals surface area (Å²) in [5.74, 6) is 0. The van der Waals surface area contributed by atoms with E-state index in [2.05, 4.69) is 26.2 Å². The molecule has 0 bridgehead atoms. The van der Waals surface area contributed by atoms with Gasteiger partial charge in [-0.3, -0.25) is 0 Å². The Labute approximate surface area is 67.5 Å². The molecule has 0 aliphatic heterocycles. The molecule has 1 heterocycles. The minimum absolute atomic E-state index is 0.474. The van der Waals surface area contributed by atoms with Gasteiger partial charge in [-0.25, -0.2) is 4.68 Å². The molecule has 0 saturated heterocycles. The van der Waals surface area contributed by atoms with Gasteiger partial charge < -0.3 is 5.73 Å². The topological polar surface area (TPSA) is 56.7 Å². The quantitative estimate of drug-likeness (QED) is 0.765. The van der Waals surface area contributed by atoms with Crippen molar-refractivity contribution in [3.63, 3.8) is 0 Å². The average molecular weight is 205 g/mol. The number of halogens is 1. The Morgan fingerprint density at radius 1 is 1.70 bits per heavy atom. The smallest absolute Gasteiger partial charge is 0.152 e. The number of nitrogens with zero attached hydrogens (tertiary/aromatic N) is 3. The van der Waals surface area contributed by atoms with Gasteiger partial charge in [-0.2, -0.15) is 0 Å². The van der Waals surface area contributed by atoms with Crippen LogP contribution in [0.2, 0.25) is 0 Å². The maximum atomic E-state index is 5.44. The minimum atomic E-state index is 0.474. The second kappa shape index (κ2) is 3.12. The highest BCUT2D eigenvalue weighted by Crippen LogP contribution is 2.10. The number of aromatic nitrogens is 3. The van der Waals surface area contributed by atoms with E-state index in [1.807, 2.05) is 6.92 Å². The fraction of sp³-hybridized carbons (Fsp3) is 0.600. The molecule has 0 aromatic carbocycles. The predicted molar refractivity (Wildman–Crippen MR) is 41.3 cm³/mol. The zero-order valence-corrected chi connectivity index (χ0v) is 7.30. The van der Waals surface area contributed by atoms with Crippen molar-refractivity contribution in [2.75, 3.05) is 0 Å². The molecule has 0 aliphatic carbocycles. The number of aryl methyl sites for hydroxylation is 1. The molecule has 1 rings (SSSR count). The van der Waals surface area contributed by atoms with Gasteiger partial charge in [-0.05, 0) is 22.9 Å². The van der Waals surface area contributed by atoms with Gasteiger partial charge in [0.2, 0.25) is 0 Å². The lowest BCUT2D eigenvalue weighted by Gasteiger charge is -1.97. The summed E-state index contributed by atoms with van der Waals surface area (Å²) < 4.78 is 2.52. The third kappa shape index (κ3) is 1.19. The van der Waals surface area contributed by atoms with E-state index in [9.17, 15) is 0 Å². The number of rotatable bonds is 2. The van der Waals surface area contributed by atoms with Gasteiger partial charge >= 0.3 is 0 Å². The van der Waals surface area contributed by atoms with E-state index in [1.54, 1.807) is 4.68 Å². The molecule has 5 heteroatoms. The molecule has 1 aromatic rings. The molecule has 2 N–H and O–H groups in total. The molecule has 0 fully saturated rings. The zero-order chi connectivity index (χ0) is 7.56. The van der Waals surface area contributed by atoms with Crippen LogP contribution in [-0.4, -0.2) is 15.0 Å². The van der Waals surface area contributed by atoms with Crippen LogP contribution in [0.25, 0.3) is 0 Å². The van der Waals surface area contributed by atoms with Crippen molar-refractivity contribution in [2.45, 2.75) is 20.0 Å². The molecule has 1 aromatic heterocycles. The van der Waals surface area contributed by atoms with Gasteiger partial charge in [0.25, 0.3) is 0 Å². The predicted octanol–water partition coefficient (Wildman–Crippen LogP) is 0.519. The molecule has 0 saturated carbocycles. The van der Waals surface area contributed by atoms with Crippen LogP contribution in [-0.2, 0) is 13.1 Å². The van der Waals surface area contributed by atoms with Gasteiger partial charge in [0.05, 0.1) is 5.69 Å². The highest BCUT2D eigenvalue weighted by atomic mass is 79.9. The summed E-state index contributed by atoms with van der Waals surface area (Å²) >= 11 is 3.24. The Morgan fingerprint density at radius 3 is 2.80 bits per heavy atom. The number of hydrogen-bond acceptors (Lipinski definition) is 3. The second-order valence-corrected chi connectivity index (χ2v) is 2.60. The first-order valence-corrected chi connectivity index (χ1v) is 3.86. The van der Waals surface area contributed by atoms with Crippen LogP contribution in [0.4, 0.5) is 0 Å². The van der Waals surface area contributed by atoms with Gasteiger partial charge in [0.15, 0.2) is 4.60 Å². The molecule has 10 heavy (non-hydrogen) atoms. The Bertz CT molecular complexity index is 219. The van der Waals surface area contributed by atoms with Gasteiger partial charge in [-0.15, -0.1) is 5.10 Å². The lowest BCUT2D eigenvalue weighted by atomic mass is 10.5. The third-order valence-corrected chi connectivity index (χ3v) is 1.90. The summed E-state index contributed by atoms with van der Waals surface area (Å²) in [7, 11) is 0. The Hall–Kier alpha value is -0.420. The fourth-order valence-corrected chi connectivity index (χ4v) is 1.19. The van der Waals surface area contributed by atoms with Crippen molar-refractivity contribution < 1.29 is 0 Å². The first kappa shape index (κ1) is 7.68. The van der Waals surface area contributed by atoms with E-state index in [4.69, 9.17) is 5.73 Å². The van der Waals surface area contributed by atoms with Crippen molar-refractivity contribution in [3.8, 4) is 0 Å². The number of hydrogen-bond donors (Lipinski definition) is 1. The summed E-state index contributed by atoms with van der Waals surface area (Å²) in [6, 6.07) is 0. The molecule has 0 aliphatic rings. The minimum Gasteiger partial charge on any atom is -0.325 e. The van der Waals surface area contributed by atoms with Crippen molar-refractivity contribution in [1.82, 2.24) is 15.0 Å². The lowest BCUT2D eigenvalue weighted by Crippen LogP contribution is -2.07. The normalized spacial score (nSPS) is 10.3. The number of nitrogens with two attached hydrogens (primary N) is 1. The molecule has 0 spiro atoms. The Kier molecular flexibility index (Phi) is 2.39. The van der Waals surface area contributed by atoms with Gasteiger partial charge in [0, 0.05) is 13.1 Å². The van der Waals surface area contributed by atoms with Crippen LogP contribution in [0, 0.1) is 0 Å². The summed E-state index contributed by atoms with van der Waals surface area (Å²) in [4.78, 5) is 0. The first-order chi connectivity index (χ1) is 4.79. The largest absolute Gasteiger partial charge is 0.325 e. The molecule has 0 unspecified atom stereocenters. The molecular weight excluding hydrogens is 196 g/mol. The average Bonchev–Trinajstić information content (AvgIpc) is 2.30. The Balaban J connectivity index is 3.01. The van der Waals surface area contributed by atoms with E-state index in [0.717, 1.165) is 16.8 Å². The van der Waals surface area contributed by atoms with Gasteiger partial charge in [-0.1, -0.05) is 5.21 Å². The zero-order valence-electron chi connectivity index (χ0n) is 5.71. The molecule has 0 atom stereocenters. The van der Waals surface area contributed by atoms with Crippen LogP contribution >= 0.6 is 15.9 Å². The van der Waals surface area contributed by atoms with E-state index >= 15 is 0 Å². The van der Waals surface area contributed by atoms with Crippen LogP contribution in [0.1, 0.15) is 12.6 Å². The van der Waals surface area contributed by atoms with E-state index in [1.165, 1.54) is 0 Å². The molecular formula is C5H9BrN4. The highest BCUT2D eigenvalue weighted by Gasteiger charge is 2.05. The maximum Gasteiger partial charge on any atom is 0.152 e. The first-order valence-electron chi connectivity index (χ1n) is 3.07.